The summed E-state index contributed by atoms with van der Waals surface area (Å²) in [4.78, 5) is 36.4. The fourth-order valence-corrected chi connectivity index (χ4v) is 3.22. The minimum absolute atomic E-state index is 0.0523. The van der Waals surface area contributed by atoms with E-state index in [2.05, 4.69) is 5.32 Å². The Hall–Kier alpha value is -3.61. The number of Topliss-reactive ketones (excluding diaryl/α,β-unsaturated/α-hetero) is 1. The molecular formula is C21H18N2O5. The summed E-state index contributed by atoms with van der Waals surface area (Å²) in [6.45, 7) is 2.26. The lowest BCUT2D eigenvalue weighted by Gasteiger charge is -2.18. The van der Waals surface area contributed by atoms with Gasteiger partial charge in [0.15, 0.2) is 19.0 Å². The van der Waals surface area contributed by atoms with E-state index in [1.165, 1.54) is 6.07 Å². The molecule has 7 nitrogen and oxygen atoms in total. The highest BCUT2D eigenvalue weighted by atomic mass is 16.5. The third kappa shape index (κ3) is 3.22. The molecule has 3 aromatic rings. The van der Waals surface area contributed by atoms with E-state index >= 15 is 0 Å². The Morgan fingerprint density at radius 1 is 1.21 bits per heavy atom. The van der Waals surface area contributed by atoms with Crippen molar-refractivity contribution in [2.45, 2.75) is 13.5 Å². The number of nitrogens with one attached hydrogen (secondary N) is 1. The molecule has 1 N–H and O–H groups in total. The number of carbonyl (C=O) groups excluding carboxylic acids is 3. The topological polar surface area (TPSA) is 86.6 Å². The van der Waals surface area contributed by atoms with Crippen LogP contribution >= 0.6 is 0 Å². The lowest BCUT2D eigenvalue weighted by molar-refractivity contribution is -0.118. The van der Waals surface area contributed by atoms with Gasteiger partial charge in [-0.3, -0.25) is 9.59 Å². The highest BCUT2D eigenvalue weighted by Gasteiger charge is 2.20. The van der Waals surface area contributed by atoms with Gasteiger partial charge >= 0.3 is 5.97 Å². The Labute approximate surface area is 160 Å². The molecule has 142 valence electrons. The molecule has 0 saturated heterocycles. The maximum absolute atomic E-state index is 12.5. The van der Waals surface area contributed by atoms with E-state index in [1.807, 2.05) is 35.8 Å². The van der Waals surface area contributed by atoms with Crippen LogP contribution in [0.4, 0.5) is 5.69 Å². The van der Waals surface area contributed by atoms with Crippen LogP contribution in [-0.4, -0.2) is 35.4 Å². The molecule has 0 aliphatic carbocycles. The summed E-state index contributed by atoms with van der Waals surface area (Å²) in [7, 11) is 0. The van der Waals surface area contributed by atoms with E-state index in [4.69, 9.17) is 9.47 Å². The van der Waals surface area contributed by atoms with Crippen molar-refractivity contribution in [3.63, 3.8) is 0 Å². The van der Waals surface area contributed by atoms with Gasteiger partial charge in [-0.05, 0) is 31.2 Å². The van der Waals surface area contributed by atoms with Crippen molar-refractivity contribution < 1.29 is 23.9 Å². The van der Waals surface area contributed by atoms with Gasteiger partial charge in [0, 0.05) is 29.2 Å². The maximum Gasteiger partial charge on any atom is 0.340 e. The van der Waals surface area contributed by atoms with Crippen LogP contribution in [0.3, 0.4) is 0 Å². The number of ketones is 1. The zero-order chi connectivity index (χ0) is 19.7. The highest BCUT2D eigenvalue weighted by Crippen LogP contribution is 2.28. The largest absolute Gasteiger partial charge is 0.482 e. The van der Waals surface area contributed by atoms with Gasteiger partial charge in [-0.15, -0.1) is 0 Å². The summed E-state index contributed by atoms with van der Waals surface area (Å²) >= 11 is 0. The zero-order valence-electron chi connectivity index (χ0n) is 15.2. The summed E-state index contributed by atoms with van der Waals surface area (Å²) < 4.78 is 12.5. The molecule has 1 aliphatic heterocycles. The number of nitrogens with zero attached hydrogens (tertiary/aromatic N) is 1. The molecule has 0 radical (unpaired) electrons. The van der Waals surface area contributed by atoms with Crippen LogP contribution in [0.2, 0.25) is 0 Å². The number of aryl methyl sites for hydroxylation is 1. The smallest absolute Gasteiger partial charge is 0.340 e. The molecule has 2 aromatic carbocycles. The Morgan fingerprint density at radius 2 is 2.04 bits per heavy atom. The third-order valence-electron chi connectivity index (χ3n) is 4.62. The first kappa shape index (κ1) is 17.8. The number of ether oxygens (including phenoxy) is 2. The fourth-order valence-electron chi connectivity index (χ4n) is 3.22. The molecule has 7 heteroatoms. The Balaban J connectivity index is 1.49. The zero-order valence-corrected chi connectivity index (χ0v) is 15.2. The number of esters is 1. The number of amides is 1. The third-order valence-corrected chi connectivity index (χ3v) is 4.62. The minimum Gasteiger partial charge on any atom is -0.482 e. The molecule has 1 amide bonds. The predicted molar refractivity (Wildman–Crippen MR) is 103 cm³/mol. The van der Waals surface area contributed by atoms with Crippen LogP contribution in [-0.2, 0) is 16.1 Å². The minimum atomic E-state index is -0.550. The second-order valence-corrected chi connectivity index (χ2v) is 6.39. The Kier molecular flexibility index (Phi) is 4.57. The lowest BCUT2D eigenvalue weighted by Crippen LogP contribution is -2.25. The summed E-state index contributed by atoms with van der Waals surface area (Å²) in [6, 6.07) is 12.3. The number of rotatable bonds is 5. The van der Waals surface area contributed by atoms with E-state index < -0.39 is 12.6 Å². The average Bonchev–Trinajstić information content (AvgIpc) is 3.10. The first-order valence-electron chi connectivity index (χ1n) is 8.91. The molecule has 4 rings (SSSR count). The molecular weight excluding hydrogens is 360 g/mol. The fraction of sp³-hybridized carbons (Fsp3) is 0.190. The van der Waals surface area contributed by atoms with Gasteiger partial charge in [-0.2, -0.15) is 0 Å². The number of benzene rings is 2. The molecule has 0 spiro atoms. The van der Waals surface area contributed by atoms with Crippen LogP contribution in [0.15, 0.2) is 48.7 Å². The van der Waals surface area contributed by atoms with Crippen molar-refractivity contribution in [3.8, 4) is 5.75 Å². The molecule has 0 saturated carbocycles. The van der Waals surface area contributed by atoms with E-state index in [-0.39, 0.29) is 18.3 Å². The van der Waals surface area contributed by atoms with Crippen molar-refractivity contribution in [2.75, 3.05) is 18.5 Å². The summed E-state index contributed by atoms with van der Waals surface area (Å²) in [5.74, 6) is -0.696. The summed E-state index contributed by atoms with van der Waals surface area (Å²) in [5.41, 5.74) is 2.12. The van der Waals surface area contributed by atoms with E-state index in [0.717, 1.165) is 17.4 Å². The average molecular weight is 378 g/mol. The number of carbonyl (C=O) groups is 3. The van der Waals surface area contributed by atoms with Crippen LogP contribution in [0.1, 0.15) is 27.6 Å². The number of fused-ring (bicyclic) bond motifs is 2. The van der Waals surface area contributed by atoms with E-state index in [0.29, 0.717) is 22.6 Å². The molecule has 0 bridgehead atoms. The van der Waals surface area contributed by atoms with Crippen LogP contribution in [0, 0.1) is 0 Å². The molecule has 0 atom stereocenters. The van der Waals surface area contributed by atoms with Gasteiger partial charge in [-0.1, -0.05) is 18.2 Å². The van der Waals surface area contributed by atoms with Crippen molar-refractivity contribution >= 4 is 34.3 Å². The van der Waals surface area contributed by atoms with Crippen molar-refractivity contribution in [1.82, 2.24) is 4.57 Å². The number of hydrogen-bond acceptors (Lipinski definition) is 5. The van der Waals surface area contributed by atoms with Crippen LogP contribution in [0.5, 0.6) is 5.75 Å². The number of anilines is 1. The summed E-state index contributed by atoms with van der Waals surface area (Å²) in [6.07, 6.45) is 1.74. The van der Waals surface area contributed by atoms with E-state index in [9.17, 15) is 14.4 Å². The normalized spacial score (nSPS) is 12.8. The predicted octanol–water partition coefficient (Wildman–Crippen LogP) is 3.03. The monoisotopic (exact) mass is 378 g/mol. The van der Waals surface area contributed by atoms with Gasteiger partial charge in [0.1, 0.15) is 5.75 Å². The maximum atomic E-state index is 12.5. The van der Waals surface area contributed by atoms with Crippen LogP contribution in [0.25, 0.3) is 10.9 Å². The van der Waals surface area contributed by atoms with Crippen molar-refractivity contribution in [2.24, 2.45) is 0 Å². The molecule has 28 heavy (non-hydrogen) atoms. The number of aromatic nitrogens is 1. The Bertz CT molecular complexity index is 1100. The van der Waals surface area contributed by atoms with Gasteiger partial charge < -0.3 is 19.4 Å². The van der Waals surface area contributed by atoms with Gasteiger partial charge in [0.05, 0.1) is 11.3 Å². The van der Waals surface area contributed by atoms with Gasteiger partial charge in [0.2, 0.25) is 0 Å². The molecule has 1 aromatic heterocycles. The first-order chi connectivity index (χ1) is 13.6. The molecule has 0 unspecified atom stereocenters. The molecule has 2 heterocycles. The second-order valence-electron chi connectivity index (χ2n) is 6.39. The van der Waals surface area contributed by atoms with Gasteiger partial charge in [-0.25, -0.2) is 4.79 Å². The van der Waals surface area contributed by atoms with E-state index in [1.54, 1.807) is 18.3 Å². The second kappa shape index (κ2) is 7.19. The van der Waals surface area contributed by atoms with Crippen molar-refractivity contribution in [1.29, 1.82) is 0 Å². The first-order valence-corrected chi connectivity index (χ1v) is 8.91. The quantitative estimate of drug-likeness (QED) is 0.545. The van der Waals surface area contributed by atoms with Crippen LogP contribution < -0.4 is 10.1 Å². The lowest BCUT2D eigenvalue weighted by atomic mass is 10.1. The highest BCUT2D eigenvalue weighted by molar-refractivity contribution is 6.06. The summed E-state index contributed by atoms with van der Waals surface area (Å²) in [5, 5.41) is 3.44. The van der Waals surface area contributed by atoms with Gasteiger partial charge in [0.25, 0.3) is 5.91 Å². The molecule has 1 aliphatic rings. The number of hydrogen-bond donors (Lipinski definition) is 1. The molecule has 0 fully saturated rings. The Morgan fingerprint density at radius 3 is 2.86 bits per heavy atom. The SMILES string of the molecule is CCn1cc(C(=O)OCC(=O)c2ccc3c(c2)NC(=O)CO3)c2ccccc21. The standard InChI is InChI=1S/C21H18N2O5/c1-2-23-10-15(14-5-3-4-6-17(14)23)21(26)28-11-18(24)13-7-8-19-16(9-13)22-20(25)12-27-19/h3-10H,2,11-12H2,1H3,(H,22,25). The number of para-hydroxylation sites is 1. The van der Waals surface area contributed by atoms with Crippen molar-refractivity contribution in [3.05, 3.63) is 59.8 Å².